The van der Waals surface area contributed by atoms with Gasteiger partial charge in [0.1, 0.15) is 5.75 Å². The molecule has 0 bridgehead atoms. The van der Waals surface area contributed by atoms with Gasteiger partial charge in [0.05, 0.1) is 12.1 Å². The lowest BCUT2D eigenvalue weighted by atomic mass is 10.2. The second-order valence-corrected chi connectivity index (χ2v) is 4.51. The average Bonchev–Trinajstić information content (AvgIpc) is 2.27. The van der Waals surface area contributed by atoms with E-state index in [1.807, 2.05) is 0 Å². The first-order valence-electron chi connectivity index (χ1n) is 5.02. The molecule has 0 aromatic heterocycles. The Morgan fingerprint density at radius 3 is 3.00 bits per heavy atom. The number of carbonyl (C=O) groups excluding carboxylic acids is 1. The molecule has 0 fully saturated rings. The summed E-state index contributed by atoms with van der Waals surface area (Å²) in [5, 5.41) is 8.65. The lowest BCUT2D eigenvalue weighted by Gasteiger charge is -2.29. The molecule has 6 heteroatoms. The fourth-order valence-corrected chi connectivity index (χ4v) is 1.97. The van der Waals surface area contributed by atoms with E-state index in [4.69, 9.17) is 9.84 Å². The first-order valence-corrected chi connectivity index (χ1v) is 5.82. The lowest BCUT2D eigenvalue weighted by molar-refractivity contribution is -0.136. The Bertz CT molecular complexity index is 475. The molecule has 5 nitrogen and oxygen atoms in total. The van der Waals surface area contributed by atoms with Crippen LogP contribution in [0, 0.1) is 0 Å². The quantitative estimate of drug-likeness (QED) is 0.921. The molecule has 0 radical (unpaired) electrons. The normalized spacial score (nSPS) is 14.2. The minimum absolute atomic E-state index is 0.0525. The fourth-order valence-electron chi connectivity index (χ4n) is 1.63. The Labute approximate surface area is 106 Å². The first-order chi connectivity index (χ1) is 8.08. The van der Waals surface area contributed by atoms with Crippen LogP contribution in [0.15, 0.2) is 22.7 Å². The van der Waals surface area contributed by atoms with Crippen LogP contribution in [0.3, 0.4) is 0 Å². The van der Waals surface area contributed by atoms with Gasteiger partial charge in [-0.3, -0.25) is 9.59 Å². The van der Waals surface area contributed by atoms with Crippen LogP contribution in [0.2, 0.25) is 0 Å². The van der Waals surface area contributed by atoms with Gasteiger partial charge in [0.25, 0.3) is 5.91 Å². The standard InChI is InChI=1S/C11H10BrNO4/c12-7-1-2-8-9(5-7)17-6-10(14)13(8)4-3-11(15)16/h1-2,5H,3-4,6H2,(H,15,16). The Morgan fingerprint density at radius 2 is 2.29 bits per heavy atom. The van der Waals surface area contributed by atoms with E-state index in [-0.39, 0.29) is 25.5 Å². The largest absolute Gasteiger partial charge is 0.482 e. The summed E-state index contributed by atoms with van der Waals surface area (Å²) < 4.78 is 6.14. The van der Waals surface area contributed by atoms with Crippen LogP contribution in [0.1, 0.15) is 6.42 Å². The summed E-state index contributed by atoms with van der Waals surface area (Å²) in [6.07, 6.45) is -0.0821. The summed E-state index contributed by atoms with van der Waals surface area (Å²) >= 11 is 3.31. The fraction of sp³-hybridized carbons (Fsp3) is 0.273. The number of anilines is 1. The zero-order valence-electron chi connectivity index (χ0n) is 8.85. The molecule has 1 aliphatic heterocycles. The summed E-state index contributed by atoms with van der Waals surface area (Å²) in [5.74, 6) is -0.562. The molecule has 1 aliphatic rings. The molecule has 0 saturated carbocycles. The molecule has 1 aromatic rings. The smallest absolute Gasteiger partial charge is 0.305 e. The number of hydrogen-bond acceptors (Lipinski definition) is 3. The molecular weight excluding hydrogens is 290 g/mol. The number of nitrogens with zero attached hydrogens (tertiary/aromatic N) is 1. The zero-order valence-corrected chi connectivity index (χ0v) is 10.4. The Morgan fingerprint density at radius 1 is 1.53 bits per heavy atom. The minimum Gasteiger partial charge on any atom is -0.482 e. The number of carbonyl (C=O) groups is 2. The molecule has 17 heavy (non-hydrogen) atoms. The van der Waals surface area contributed by atoms with E-state index < -0.39 is 5.97 Å². The molecule has 0 spiro atoms. The molecule has 1 aromatic carbocycles. The zero-order chi connectivity index (χ0) is 12.4. The van der Waals surface area contributed by atoms with Crippen LogP contribution in [0.4, 0.5) is 5.69 Å². The van der Waals surface area contributed by atoms with E-state index in [0.29, 0.717) is 11.4 Å². The Kier molecular flexibility index (Phi) is 3.33. The van der Waals surface area contributed by atoms with Crippen molar-refractivity contribution < 1.29 is 19.4 Å². The highest BCUT2D eigenvalue weighted by Crippen LogP contribution is 2.34. The third-order valence-corrected chi connectivity index (χ3v) is 2.91. The summed E-state index contributed by atoms with van der Waals surface area (Å²) in [4.78, 5) is 23.6. The Balaban J connectivity index is 2.27. The van der Waals surface area contributed by atoms with Crippen molar-refractivity contribution in [2.24, 2.45) is 0 Å². The van der Waals surface area contributed by atoms with Crippen LogP contribution in [0.5, 0.6) is 5.75 Å². The number of amides is 1. The number of ether oxygens (including phenoxy) is 1. The van der Waals surface area contributed by atoms with E-state index >= 15 is 0 Å². The number of carboxylic acids is 1. The summed E-state index contributed by atoms with van der Waals surface area (Å²) in [6.45, 7) is 0.106. The number of benzene rings is 1. The second-order valence-electron chi connectivity index (χ2n) is 3.59. The van der Waals surface area contributed by atoms with Crippen molar-refractivity contribution in [1.82, 2.24) is 0 Å². The van der Waals surface area contributed by atoms with E-state index in [0.717, 1.165) is 4.47 Å². The average molecular weight is 300 g/mol. The Hall–Kier alpha value is -1.56. The van der Waals surface area contributed by atoms with Gasteiger partial charge in [-0.05, 0) is 18.2 Å². The maximum Gasteiger partial charge on any atom is 0.305 e. The SMILES string of the molecule is O=C(O)CCN1C(=O)COc2cc(Br)ccc21. The molecular formula is C11H10BrNO4. The summed E-state index contributed by atoms with van der Waals surface area (Å²) in [7, 11) is 0. The second kappa shape index (κ2) is 4.75. The minimum atomic E-state index is -0.928. The molecule has 0 unspecified atom stereocenters. The van der Waals surface area contributed by atoms with Crippen molar-refractivity contribution in [2.45, 2.75) is 6.42 Å². The van der Waals surface area contributed by atoms with Gasteiger partial charge in [-0.15, -0.1) is 0 Å². The predicted molar refractivity (Wildman–Crippen MR) is 64.2 cm³/mol. The molecule has 2 rings (SSSR count). The van der Waals surface area contributed by atoms with Crippen LogP contribution >= 0.6 is 15.9 Å². The monoisotopic (exact) mass is 299 g/mol. The van der Waals surface area contributed by atoms with Crippen LogP contribution in [-0.4, -0.2) is 30.1 Å². The van der Waals surface area contributed by atoms with Crippen molar-refractivity contribution in [3.05, 3.63) is 22.7 Å². The molecule has 1 N–H and O–H groups in total. The van der Waals surface area contributed by atoms with Crippen LogP contribution < -0.4 is 9.64 Å². The molecule has 1 amide bonds. The van der Waals surface area contributed by atoms with Gasteiger partial charge in [0.15, 0.2) is 6.61 Å². The number of rotatable bonds is 3. The van der Waals surface area contributed by atoms with Crippen molar-refractivity contribution in [3.63, 3.8) is 0 Å². The highest BCUT2D eigenvalue weighted by atomic mass is 79.9. The maximum absolute atomic E-state index is 11.7. The molecule has 1 heterocycles. The van der Waals surface area contributed by atoms with Gasteiger partial charge in [-0.1, -0.05) is 15.9 Å². The first kappa shape index (κ1) is 11.9. The topological polar surface area (TPSA) is 66.8 Å². The van der Waals surface area contributed by atoms with Crippen molar-refractivity contribution in [2.75, 3.05) is 18.1 Å². The van der Waals surface area contributed by atoms with E-state index in [1.165, 1.54) is 4.90 Å². The summed E-state index contributed by atoms with van der Waals surface area (Å²) in [6, 6.07) is 5.28. The van der Waals surface area contributed by atoms with Crippen molar-refractivity contribution >= 4 is 33.5 Å². The van der Waals surface area contributed by atoms with Gasteiger partial charge < -0.3 is 14.7 Å². The van der Waals surface area contributed by atoms with Crippen LogP contribution in [0.25, 0.3) is 0 Å². The van der Waals surface area contributed by atoms with E-state index in [1.54, 1.807) is 18.2 Å². The van der Waals surface area contributed by atoms with Gasteiger partial charge in [-0.25, -0.2) is 0 Å². The van der Waals surface area contributed by atoms with Crippen molar-refractivity contribution in [1.29, 1.82) is 0 Å². The van der Waals surface area contributed by atoms with Crippen LogP contribution in [-0.2, 0) is 9.59 Å². The number of halogens is 1. The van der Waals surface area contributed by atoms with Gasteiger partial charge in [0, 0.05) is 11.0 Å². The molecule has 90 valence electrons. The highest BCUT2D eigenvalue weighted by Gasteiger charge is 2.25. The van der Waals surface area contributed by atoms with Gasteiger partial charge in [-0.2, -0.15) is 0 Å². The number of hydrogen-bond donors (Lipinski definition) is 1. The maximum atomic E-state index is 11.7. The molecule has 0 atom stereocenters. The van der Waals surface area contributed by atoms with E-state index in [2.05, 4.69) is 15.9 Å². The summed E-state index contributed by atoms with van der Waals surface area (Å²) in [5.41, 5.74) is 0.616. The number of fused-ring (bicyclic) bond motifs is 1. The molecule has 0 saturated heterocycles. The van der Waals surface area contributed by atoms with Crippen molar-refractivity contribution in [3.8, 4) is 5.75 Å². The van der Waals surface area contributed by atoms with E-state index in [9.17, 15) is 9.59 Å². The lowest BCUT2D eigenvalue weighted by Crippen LogP contribution is -2.40. The number of aliphatic carboxylic acids is 1. The third kappa shape index (κ3) is 2.58. The predicted octanol–water partition coefficient (Wildman–Crippen LogP) is 1.65. The number of carboxylic acid groups (broad SMARTS) is 1. The molecule has 0 aliphatic carbocycles. The highest BCUT2D eigenvalue weighted by molar-refractivity contribution is 9.10. The van der Waals surface area contributed by atoms with Gasteiger partial charge in [0.2, 0.25) is 0 Å². The third-order valence-electron chi connectivity index (χ3n) is 2.41. The van der Waals surface area contributed by atoms with Gasteiger partial charge >= 0.3 is 5.97 Å².